The molecular formula is C38H40N6O4. The van der Waals surface area contributed by atoms with Crippen LogP contribution >= 0.6 is 0 Å². The molecule has 1 aliphatic heterocycles. The van der Waals surface area contributed by atoms with E-state index in [1.165, 1.54) is 12.0 Å². The highest BCUT2D eigenvalue weighted by Gasteiger charge is 2.39. The Morgan fingerprint density at radius 3 is 2.15 bits per heavy atom. The van der Waals surface area contributed by atoms with E-state index in [0.717, 1.165) is 28.1 Å². The molecule has 4 aromatic carbocycles. The van der Waals surface area contributed by atoms with Crippen LogP contribution in [-0.4, -0.2) is 59.6 Å². The van der Waals surface area contributed by atoms with E-state index in [4.69, 9.17) is 20.2 Å². The van der Waals surface area contributed by atoms with Gasteiger partial charge in [-0.3, -0.25) is 14.8 Å². The van der Waals surface area contributed by atoms with E-state index in [2.05, 4.69) is 27.6 Å². The molecule has 48 heavy (non-hydrogen) atoms. The van der Waals surface area contributed by atoms with Gasteiger partial charge in [0.05, 0.1) is 31.5 Å². The van der Waals surface area contributed by atoms with Gasteiger partial charge in [-0.1, -0.05) is 109 Å². The first-order valence-corrected chi connectivity index (χ1v) is 16.2. The molecule has 1 aromatic heterocycles. The van der Waals surface area contributed by atoms with Gasteiger partial charge in [-0.15, -0.1) is 0 Å². The molecule has 3 atom stereocenters. The van der Waals surface area contributed by atoms with E-state index in [0.29, 0.717) is 43.9 Å². The van der Waals surface area contributed by atoms with Crippen LogP contribution in [0.25, 0.3) is 0 Å². The van der Waals surface area contributed by atoms with Crippen LogP contribution in [0.2, 0.25) is 0 Å². The molecule has 0 unspecified atom stereocenters. The molecular weight excluding hydrogens is 604 g/mol. The lowest BCUT2D eigenvalue weighted by atomic mass is 9.83. The van der Waals surface area contributed by atoms with Crippen molar-refractivity contribution in [3.05, 3.63) is 149 Å². The van der Waals surface area contributed by atoms with Gasteiger partial charge >= 0.3 is 6.09 Å². The molecule has 1 aliphatic rings. The van der Waals surface area contributed by atoms with E-state index in [1.807, 2.05) is 103 Å². The lowest BCUT2D eigenvalue weighted by Crippen LogP contribution is -2.52. The van der Waals surface area contributed by atoms with Gasteiger partial charge in [0.25, 0.3) is 0 Å². The number of nitrogens with one attached hydrogen (secondary N) is 2. The average Bonchev–Trinajstić information content (AvgIpc) is 3.60. The Bertz CT molecular complexity index is 1740. The van der Waals surface area contributed by atoms with Gasteiger partial charge in [0, 0.05) is 18.9 Å². The molecule has 5 aromatic rings. The fourth-order valence-corrected chi connectivity index (χ4v) is 6.36. The molecule has 1 saturated heterocycles. The maximum absolute atomic E-state index is 13.6. The van der Waals surface area contributed by atoms with E-state index in [1.54, 1.807) is 0 Å². The number of aromatic nitrogens is 3. The average molecular weight is 645 g/mol. The Hall–Kier alpha value is -5.32. The Morgan fingerprint density at radius 2 is 1.54 bits per heavy atom. The van der Waals surface area contributed by atoms with Crippen molar-refractivity contribution in [1.29, 1.82) is 0 Å². The Kier molecular flexibility index (Phi) is 10.5. The van der Waals surface area contributed by atoms with Gasteiger partial charge in [0.1, 0.15) is 11.9 Å². The highest BCUT2D eigenvalue weighted by molar-refractivity contribution is 5.98. The maximum atomic E-state index is 13.6. The zero-order valence-electron chi connectivity index (χ0n) is 26.9. The van der Waals surface area contributed by atoms with Crippen LogP contribution < -0.4 is 16.0 Å². The molecule has 0 spiro atoms. The van der Waals surface area contributed by atoms with Crippen LogP contribution in [0.3, 0.4) is 0 Å². The number of H-pyrrole nitrogens is 1. The van der Waals surface area contributed by atoms with Crippen molar-refractivity contribution in [3.63, 3.8) is 0 Å². The highest BCUT2D eigenvalue weighted by atomic mass is 16.5. The van der Waals surface area contributed by atoms with Crippen LogP contribution in [0.15, 0.2) is 115 Å². The molecule has 10 nitrogen and oxygen atoms in total. The summed E-state index contributed by atoms with van der Waals surface area (Å²) in [6.45, 7) is 1.05. The minimum absolute atomic E-state index is 0.0723. The number of morpholine rings is 1. The fraction of sp³-hybridized carbons (Fsp3) is 0.263. The molecule has 1 fully saturated rings. The Morgan fingerprint density at radius 1 is 0.917 bits per heavy atom. The van der Waals surface area contributed by atoms with Gasteiger partial charge in [0.2, 0.25) is 5.91 Å². The quantitative estimate of drug-likeness (QED) is 0.167. The summed E-state index contributed by atoms with van der Waals surface area (Å²) in [5.41, 5.74) is 10.5. The van der Waals surface area contributed by atoms with Crippen molar-refractivity contribution in [3.8, 4) is 0 Å². The minimum atomic E-state index is -1.06. The molecule has 10 heteroatoms. The van der Waals surface area contributed by atoms with E-state index < -0.39 is 24.0 Å². The van der Waals surface area contributed by atoms with Crippen LogP contribution in [0.1, 0.15) is 52.3 Å². The summed E-state index contributed by atoms with van der Waals surface area (Å²) in [6, 6.07) is 35.8. The molecule has 2 heterocycles. The summed E-state index contributed by atoms with van der Waals surface area (Å²) >= 11 is 0. The number of methoxy groups -OCH3 is 1. The second kappa shape index (κ2) is 15.5. The molecule has 0 radical (unpaired) electrons. The number of benzene rings is 4. The number of aryl methyl sites for hydroxylation is 1. The summed E-state index contributed by atoms with van der Waals surface area (Å²) < 4.78 is 11.6. The van der Waals surface area contributed by atoms with Gasteiger partial charge in [-0.25, -0.2) is 9.78 Å². The molecule has 4 N–H and O–H groups in total. The minimum Gasteiger partial charge on any atom is -0.452 e. The van der Waals surface area contributed by atoms with Crippen LogP contribution in [-0.2, 0) is 27.1 Å². The summed E-state index contributed by atoms with van der Waals surface area (Å²) in [5, 5.41) is 11.0. The number of nitrogens with two attached hydrogens (primary N) is 1. The summed E-state index contributed by atoms with van der Waals surface area (Å²) in [4.78, 5) is 33.1. The summed E-state index contributed by atoms with van der Waals surface area (Å²) in [5.74, 6) is 0.312. The van der Waals surface area contributed by atoms with Crippen molar-refractivity contribution in [2.24, 2.45) is 5.73 Å². The zero-order valence-corrected chi connectivity index (χ0v) is 26.9. The number of para-hydroxylation sites is 1. The van der Waals surface area contributed by atoms with Gasteiger partial charge in [0.15, 0.2) is 5.82 Å². The number of hydrogen-bond acceptors (Lipinski definition) is 7. The third-order valence-corrected chi connectivity index (χ3v) is 8.73. The standard InChI is InChI=1S/C38H40N6O4/c1-47-38(46)44(35(36(39)45)34(28-16-7-3-8-17-28)29-18-9-4-10-19-29)32-20-12-11-15-27(32)21-22-30-24-40-31(25-48-30)37-41-33(42-43-37)23-26-13-5-2-6-14-26/h2-20,30-31,34-35,40H,21-25H2,1H3,(H2,39,45)(H,41,42,43)/t30-,31+,35+/m1/s1. The van der Waals surface area contributed by atoms with Crippen LogP contribution in [0.4, 0.5) is 10.5 Å². The molecule has 0 saturated carbocycles. The van der Waals surface area contributed by atoms with Gasteiger partial charge in [-0.05, 0) is 41.2 Å². The lowest BCUT2D eigenvalue weighted by Gasteiger charge is -2.36. The number of aromatic amines is 1. The number of hydrogen-bond donors (Lipinski definition) is 3. The van der Waals surface area contributed by atoms with Gasteiger partial charge in [-0.2, -0.15) is 5.10 Å². The third-order valence-electron chi connectivity index (χ3n) is 8.73. The van der Waals surface area contributed by atoms with Crippen molar-refractivity contribution in [1.82, 2.24) is 20.5 Å². The van der Waals surface area contributed by atoms with Crippen molar-refractivity contribution in [2.75, 3.05) is 25.2 Å². The second-order valence-electron chi connectivity index (χ2n) is 11.9. The summed E-state index contributed by atoms with van der Waals surface area (Å²) in [7, 11) is 1.31. The first-order chi connectivity index (χ1) is 23.5. The molecule has 0 aliphatic carbocycles. The number of primary amides is 1. The first kappa shape index (κ1) is 32.6. The number of carbonyl (C=O) groups is 2. The number of rotatable bonds is 12. The molecule has 6 rings (SSSR count). The number of ether oxygens (including phenoxy) is 2. The molecule has 246 valence electrons. The highest BCUT2D eigenvalue weighted by Crippen LogP contribution is 2.36. The normalized spacial score (nSPS) is 16.7. The topological polar surface area (TPSA) is 135 Å². The summed E-state index contributed by atoms with van der Waals surface area (Å²) in [6.07, 6.45) is 1.22. The van der Waals surface area contributed by atoms with Crippen LogP contribution in [0, 0.1) is 0 Å². The number of anilines is 1. The zero-order chi connectivity index (χ0) is 33.3. The predicted octanol–water partition coefficient (Wildman–Crippen LogP) is 5.32. The van der Waals surface area contributed by atoms with E-state index in [9.17, 15) is 9.59 Å². The van der Waals surface area contributed by atoms with Crippen LogP contribution in [0.5, 0.6) is 0 Å². The van der Waals surface area contributed by atoms with Gasteiger partial charge < -0.3 is 20.5 Å². The smallest absolute Gasteiger partial charge is 0.414 e. The largest absolute Gasteiger partial charge is 0.452 e. The predicted molar refractivity (Wildman–Crippen MR) is 183 cm³/mol. The van der Waals surface area contributed by atoms with E-state index in [-0.39, 0.29) is 12.1 Å². The number of carbonyl (C=O) groups excluding carboxylic acids is 2. The Labute approximate surface area is 280 Å². The third kappa shape index (κ3) is 7.62. The molecule has 2 amide bonds. The lowest BCUT2D eigenvalue weighted by molar-refractivity contribution is -0.119. The second-order valence-corrected chi connectivity index (χ2v) is 11.9. The van der Waals surface area contributed by atoms with E-state index >= 15 is 0 Å². The van der Waals surface area contributed by atoms with Crippen molar-refractivity contribution >= 4 is 17.7 Å². The maximum Gasteiger partial charge on any atom is 0.414 e. The fourth-order valence-electron chi connectivity index (χ4n) is 6.36. The number of nitrogens with zero attached hydrogens (tertiary/aromatic N) is 3. The monoisotopic (exact) mass is 644 g/mol. The Balaban J connectivity index is 1.18. The number of amides is 2. The SMILES string of the molecule is COC(=O)N(c1ccccc1CC[C@@H]1CN[C@H](c2n[nH]c(Cc3ccccc3)n2)CO1)[C@H](C(N)=O)C(c1ccccc1)c1ccccc1. The first-order valence-electron chi connectivity index (χ1n) is 16.2. The molecule has 0 bridgehead atoms. The van der Waals surface area contributed by atoms with Crippen molar-refractivity contribution in [2.45, 2.75) is 43.4 Å². The van der Waals surface area contributed by atoms with Crippen molar-refractivity contribution < 1.29 is 19.1 Å².